The van der Waals surface area contributed by atoms with E-state index < -0.39 is 10.8 Å². The molecule has 0 saturated carbocycles. The summed E-state index contributed by atoms with van der Waals surface area (Å²) in [4.78, 5) is 38.6. The van der Waals surface area contributed by atoms with E-state index in [1.165, 1.54) is 0 Å². The number of aromatic nitrogens is 8. The normalized spacial score (nSPS) is 12.1. The average molecular weight is 1730 g/mol. The first kappa shape index (κ1) is 76.3. The molecule has 2 aliphatic rings. The van der Waals surface area contributed by atoms with Crippen LogP contribution in [-0.4, -0.2) is 39.9 Å². The van der Waals surface area contributed by atoms with Crippen LogP contribution in [0.1, 0.15) is 75.3 Å². The maximum atomic E-state index is 8.02. The number of para-hydroxylation sites is 3. The van der Waals surface area contributed by atoms with E-state index in [-0.39, 0.29) is 179 Å². The Morgan fingerprint density at radius 1 is 0.283 bits per heavy atom. The number of nitrogens with one attached hydrogen (secondary N) is 2. The number of nitrogens with zero attached hydrogens (tertiary/aromatic N) is 6. The van der Waals surface area contributed by atoms with Gasteiger partial charge in [-0.05, 0) is 63.6 Å². The van der Waals surface area contributed by atoms with E-state index in [0.29, 0.717) is 34.1 Å². The minimum absolute atomic E-state index is 0.00628. The summed E-state index contributed by atoms with van der Waals surface area (Å²) in [5, 5.41) is -0.497. The van der Waals surface area contributed by atoms with Crippen LogP contribution in [0.2, 0.25) is 60.3 Å². The first-order valence-corrected chi connectivity index (χ1v) is 39.9. The Bertz CT molecular complexity index is 6650. The van der Waals surface area contributed by atoms with Crippen molar-refractivity contribution >= 4 is 183 Å². The molecule has 0 amide bonds. The number of rotatable bonds is 15. The van der Waals surface area contributed by atoms with Gasteiger partial charge in [0.1, 0.15) is 65.7 Å². The topological polar surface area (TPSA) is 146 Å². The standard InChI is InChI=1S/C89H56Cl12N8O4/c1-42(2)48-33-19-22-36-52(48)110-76-68(94)60-57(64(90)72(76)98)83-107-85-62-58(66(92)74(100)78(70(62)96)112-54-38-24-21-35-50(54)44-27-13-8-14-28-44)82(106-85)105-84-61-56(65(91)73(99)77(69(61)95)111-53-37-23-20-34-49(53)43-25-11-7-12-26-43)80(103-84)102-81-59-63(87(104-81)109-86(60)108-83)71(97)79(75(101)67(59)93)113-55-40-39-47(88(3,4)45-29-15-9-16-30-45)41-51(55)89(5,6)46-31-17-10-18-32-46/h7-42H,1-6H3,(H2,102,103,104,105,106,107,108,109). The predicted octanol–water partition coefficient (Wildman–Crippen LogP) is 31.0. The SMILES string of the molecule is CC(C)c1ccccc1Oc1c(Cl)c(Cl)c2c(c1Cl)-c1nc-2nc2[nH]c(nc3nc(nc4[nH]c(n1)c1c(Cl)c(Oc5ccc(C(C)(C)c6ccccc6)cc5C(C)(C)c5ccccc5)c(Cl)c(Cl)c41)-c1c(Cl)c(Cl)c(Oc4ccccc4-c4ccccc4)c(Cl)c1-3)c1c(Cl)c(Cl)c(Oc3ccccc3-c3ccccc3)c(Cl)c21. The highest BCUT2D eigenvalue weighted by molar-refractivity contribution is 6.53. The lowest BCUT2D eigenvalue weighted by Gasteiger charge is -2.32. The maximum Gasteiger partial charge on any atom is 0.166 e. The van der Waals surface area contributed by atoms with Crippen LogP contribution < -0.4 is 18.9 Å². The fourth-order valence-corrected chi connectivity index (χ4v) is 17.9. The summed E-state index contributed by atoms with van der Waals surface area (Å²) < 4.78 is 27.7. The van der Waals surface area contributed by atoms with Gasteiger partial charge in [0, 0.05) is 27.5 Å². The fourth-order valence-electron chi connectivity index (χ4n) is 14.5. The van der Waals surface area contributed by atoms with Crippen LogP contribution in [0.3, 0.4) is 0 Å². The van der Waals surface area contributed by atoms with E-state index in [0.717, 1.165) is 38.9 Å². The molecule has 0 fully saturated rings. The Hall–Kier alpha value is -9.32. The van der Waals surface area contributed by atoms with E-state index in [1.54, 1.807) is 18.2 Å². The molecule has 12 aromatic carbocycles. The third kappa shape index (κ3) is 13.2. The van der Waals surface area contributed by atoms with Gasteiger partial charge >= 0.3 is 0 Å². The van der Waals surface area contributed by atoms with Crippen LogP contribution in [0.15, 0.2) is 212 Å². The van der Waals surface area contributed by atoms with Crippen molar-refractivity contribution in [3.05, 3.63) is 300 Å². The van der Waals surface area contributed by atoms with Crippen LogP contribution in [-0.2, 0) is 10.8 Å². The van der Waals surface area contributed by atoms with Gasteiger partial charge in [0.2, 0.25) is 0 Å². The van der Waals surface area contributed by atoms with E-state index in [1.807, 2.05) is 178 Å². The maximum absolute atomic E-state index is 8.02. The molecule has 3 aromatic heterocycles. The van der Waals surface area contributed by atoms with Crippen molar-refractivity contribution in [2.24, 2.45) is 0 Å². The summed E-state index contributed by atoms with van der Waals surface area (Å²) in [6.45, 7) is 12.7. The molecule has 12 nitrogen and oxygen atoms in total. The minimum atomic E-state index is -0.707. The van der Waals surface area contributed by atoms with Crippen LogP contribution in [0.25, 0.3) is 112 Å². The van der Waals surface area contributed by atoms with Gasteiger partial charge in [-0.2, -0.15) is 0 Å². The number of ether oxygens (including phenoxy) is 4. The predicted molar refractivity (Wildman–Crippen MR) is 464 cm³/mol. The lowest BCUT2D eigenvalue weighted by Crippen LogP contribution is -2.23. The Morgan fingerprint density at radius 2 is 0.602 bits per heavy atom. The lowest BCUT2D eigenvalue weighted by atomic mass is 9.73. The Kier molecular flexibility index (Phi) is 20.4. The molecule has 0 unspecified atom stereocenters. The second-order valence-corrected chi connectivity index (χ2v) is 32.7. The molecule has 0 aliphatic carbocycles. The summed E-state index contributed by atoms with van der Waals surface area (Å²) in [6, 6.07) is 68.1. The number of hydrogen-bond acceptors (Lipinski definition) is 10. The molecule has 17 rings (SSSR count). The van der Waals surface area contributed by atoms with Crippen molar-refractivity contribution in [3.8, 4) is 114 Å². The minimum Gasteiger partial charge on any atom is -0.454 e. The summed E-state index contributed by atoms with van der Waals surface area (Å²) in [6.07, 6.45) is 0. The van der Waals surface area contributed by atoms with E-state index in [4.69, 9.17) is 188 Å². The molecular weight excluding hydrogens is 1670 g/mol. The lowest BCUT2D eigenvalue weighted by molar-refractivity contribution is 0.461. The highest BCUT2D eigenvalue weighted by Crippen LogP contribution is 2.59. The molecule has 0 spiro atoms. The zero-order chi connectivity index (χ0) is 78.8. The van der Waals surface area contributed by atoms with Crippen LogP contribution in [0, 0.1) is 0 Å². The van der Waals surface area contributed by atoms with Crippen molar-refractivity contribution in [2.75, 3.05) is 0 Å². The second kappa shape index (κ2) is 30.1. The van der Waals surface area contributed by atoms with Crippen LogP contribution in [0.4, 0.5) is 0 Å². The van der Waals surface area contributed by atoms with Gasteiger partial charge in [-0.1, -0.05) is 369 Å². The molecule has 560 valence electrons. The molecule has 2 aliphatic heterocycles. The van der Waals surface area contributed by atoms with E-state index >= 15 is 0 Å². The first-order chi connectivity index (χ1) is 54.4. The largest absolute Gasteiger partial charge is 0.454 e. The molecule has 113 heavy (non-hydrogen) atoms. The number of aromatic amines is 2. The average Bonchev–Trinajstić information content (AvgIpc) is 1.62. The van der Waals surface area contributed by atoms with Crippen molar-refractivity contribution in [1.82, 2.24) is 39.9 Å². The highest BCUT2D eigenvalue weighted by atomic mass is 35.5. The molecular formula is C89H56Cl12N8O4. The van der Waals surface area contributed by atoms with Gasteiger partial charge in [0.25, 0.3) is 0 Å². The highest BCUT2D eigenvalue weighted by Gasteiger charge is 2.38. The van der Waals surface area contributed by atoms with Crippen molar-refractivity contribution in [3.63, 3.8) is 0 Å². The summed E-state index contributed by atoms with van der Waals surface area (Å²) in [7, 11) is 0. The Balaban J connectivity index is 0.983. The van der Waals surface area contributed by atoms with Gasteiger partial charge < -0.3 is 28.9 Å². The molecule has 0 radical (unpaired) electrons. The van der Waals surface area contributed by atoms with Gasteiger partial charge in [-0.15, -0.1) is 0 Å². The first-order valence-electron chi connectivity index (χ1n) is 35.4. The van der Waals surface area contributed by atoms with Gasteiger partial charge in [0.15, 0.2) is 46.3 Å². The van der Waals surface area contributed by atoms with Gasteiger partial charge in [-0.3, -0.25) is 0 Å². The second-order valence-electron chi connectivity index (χ2n) is 28.2. The molecule has 15 aromatic rings. The van der Waals surface area contributed by atoms with Crippen molar-refractivity contribution in [1.29, 1.82) is 0 Å². The monoisotopic (exact) mass is 1720 g/mol. The fraction of sp³-hybridized carbons (Fsp3) is 0.101. The third-order valence-corrected chi connectivity index (χ3v) is 25.2. The molecule has 2 N–H and O–H groups in total. The van der Waals surface area contributed by atoms with Crippen LogP contribution in [0.5, 0.6) is 46.0 Å². The Morgan fingerprint density at radius 3 is 1.02 bits per heavy atom. The van der Waals surface area contributed by atoms with Crippen LogP contribution >= 0.6 is 139 Å². The number of fused-ring (bicyclic) bond motifs is 20. The van der Waals surface area contributed by atoms with Crippen molar-refractivity contribution in [2.45, 2.75) is 58.3 Å². The van der Waals surface area contributed by atoms with Crippen molar-refractivity contribution < 1.29 is 18.9 Å². The summed E-state index contributed by atoms with van der Waals surface area (Å²) >= 11 is 92.5. The number of H-pyrrole nitrogens is 2. The van der Waals surface area contributed by atoms with E-state index in [2.05, 4.69) is 68.0 Å². The molecule has 0 saturated heterocycles. The number of hydrogen-bond donors (Lipinski definition) is 2. The zero-order valence-electron chi connectivity index (χ0n) is 60.1. The zero-order valence-corrected chi connectivity index (χ0v) is 69.2. The third-order valence-electron chi connectivity index (χ3n) is 20.4. The molecule has 0 atom stereocenters. The Labute approximate surface area is 708 Å². The summed E-state index contributed by atoms with van der Waals surface area (Å²) in [5.41, 5.74) is 7.05. The summed E-state index contributed by atoms with van der Waals surface area (Å²) in [5.74, 6) is 1.05. The van der Waals surface area contributed by atoms with Gasteiger partial charge in [-0.25, -0.2) is 29.9 Å². The number of halogens is 12. The smallest absolute Gasteiger partial charge is 0.166 e. The molecule has 5 heterocycles. The number of benzene rings is 12. The van der Waals surface area contributed by atoms with E-state index in [9.17, 15) is 0 Å². The quantitative estimate of drug-likeness (QED) is 0.0951. The van der Waals surface area contributed by atoms with Gasteiger partial charge in [0.05, 0.1) is 84.0 Å². The molecule has 8 bridgehead atoms. The molecule has 24 heteroatoms.